The van der Waals surface area contributed by atoms with E-state index in [2.05, 4.69) is 48.9 Å². The quantitative estimate of drug-likeness (QED) is 0.883. The number of hydrogen-bond donors (Lipinski definition) is 2. The molecule has 0 aliphatic rings. The van der Waals surface area contributed by atoms with Gasteiger partial charge in [-0.2, -0.15) is 0 Å². The summed E-state index contributed by atoms with van der Waals surface area (Å²) in [6, 6.07) is 5.72. The van der Waals surface area contributed by atoms with E-state index in [1.165, 1.54) is 0 Å². The van der Waals surface area contributed by atoms with Gasteiger partial charge in [-0.25, -0.2) is 0 Å². The Balaban J connectivity index is 2.49. The molecule has 0 aromatic heterocycles. The van der Waals surface area contributed by atoms with E-state index >= 15 is 0 Å². The Morgan fingerprint density at radius 1 is 1.35 bits per heavy atom. The lowest BCUT2D eigenvalue weighted by Crippen LogP contribution is -2.29. The van der Waals surface area contributed by atoms with Crippen LogP contribution in [0.25, 0.3) is 0 Å². The number of halogens is 1. The van der Waals surface area contributed by atoms with Crippen molar-refractivity contribution < 1.29 is 5.11 Å². The zero-order chi connectivity index (χ0) is 13.1. The lowest BCUT2D eigenvalue weighted by atomic mass is 9.82. The molecule has 2 nitrogen and oxygen atoms in total. The smallest absolute Gasteiger partial charge is 0.134 e. The molecular formula is C14H22BrNO. The molecule has 17 heavy (non-hydrogen) atoms. The van der Waals surface area contributed by atoms with Crippen molar-refractivity contribution in [2.75, 3.05) is 6.54 Å². The highest BCUT2D eigenvalue weighted by Gasteiger charge is 2.19. The number of phenolic OH excluding ortho intramolecular Hbond substituents is 1. The van der Waals surface area contributed by atoms with E-state index < -0.39 is 0 Å². The molecular weight excluding hydrogens is 278 g/mol. The van der Waals surface area contributed by atoms with Crippen LogP contribution < -0.4 is 5.32 Å². The maximum absolute atomic E-state index is 9.84. The molecule has 0 heterocycles. The molecule has 0 spiro atoms. The van der Waals surface area contributed by atoms with Crippen molar-refractivity contribution in [3.63, 3.8) is 0 Å². The molecule has 0 bridgehead atoms. The second kappa shape index (κ2) is 5.87. The number of aromatic hydroxyl groups is 1. The largest absolute Gasteiger partial charge is 0.506 e. The number of phenols is 1. The molecule has 0 saturated carbocycles. The van der Waals surface area contributed by atoms with Gasteiger partial charge in [-0.3, -0.25) is 0 Å². The zero-order valence-corrected chi connectivity index (χ0v) is 12.6. The Hall–Kier alpha value is -0.540. The van der Waals surface area contributed by atoms with E-state index in [1.807, 2.05) is 18.2 Å². The van der Waals surface area contributed by atoms with Gasteiger partial charge in [-0.05, 0) is 39.9 Å². The van der Waals surface area contributed by atoms with Crippen LogP contribution in [0.15, 0.2) is 22.7 Å². The molecule has 0 aliphatic heterocycles. The minimum Gasteiger partial charge on any atom is -0.506 e. The van der Waals surface area contributed by atoms with Crippen LogP contribution in [0, 0.1) is 11.3 Å². The molecule has 0 fully saturated rings. The Labute approximate surface area is 113 Å². The number of para-hydroxylation sites is 1. The van der Waals surface area contributed by atoms with Gasteiger partial charge in [0.25, 0.3) is 0 Å². The van der Waals surface area contributed by atoms with Gasteiger partial charge >= 0.3 is 0 Å². The second-order valence-corrected chi connectivity index (χ2v) is 6.50. The lowest BCUT2D eigenvalue weighted by molar-refractivity contribution is 0.252. The topological polar surface area (TPSA) is 32.3 Å². The maximum atomic E-state index is 9.84. The SMILES string of the molecule is CC(CNCc1cccc(Br)c1O)C(C)(C)C. The van der Waals surface area contributed by atoms with Gasteiger partial charge in [0.15, 0.2) is 0 Å². The fourth-order valence-corrected chi connectivity index (χ4v) is 1.84. The molecule has 1 atom stereocenters. The summed E-state index contributed by atoms with van der Waals surface area (Å²) in [5.41, 5.74) is 1.24. The van der Waals surface area contributed by atoms with Crippen molar-refractivity contribution in [2.45, 2.75) is 34.2 Å². The first kappa shape index (κ1) is 14.5. The van der Waals surface area contributed by atoms with Crippen molar-refractivity contribution in [2.24, 2.45) is 11.3 Å². The van der Waals surface area contributed by atoms with Gasteiger partial charge in [-0.1, -0.05) is 39.8 Å². The summed E-state index contributed by atoms with van der Waals surface area (Å²) in [4.78, 5) is 0. The Bertz CT molecular complexity index is 371. The van der Waals surface area contributed by atoms with Gasteiger partial charge < -0.3 is 10.4 Å². The molecule has 0 saturated heterocycles. The lowest BCUT2D eigenvalue weighted by Gasteiger charge is -2.27. The summed E-state index contributed by atoms with van der Waals surface area (Å²) in [5, 5.41) is 13.2. The van der Waals surface area contributed by atoms with Crippen molar-refractivity contribution in [1.29, 1.82) is 0 Å². The Morgan fingerprint density at radius 3 is 2.59 bits per heavy atom. The average molecular weight is 300 g/mol. The van der Waals surface area contributed by atoms with E-state index in [-0.39, 0.29) is 0 Å². The van der Waals surface area contributed by atoms with Crippen LogP contribution in [0.3, 0.4) is 0 Å². The highest BCUT2D eigenvalue weighted by atomic mass is 79.9. The fraction of sp³-hybridized carbons (Fsp3) is 0.571. The van der Waals surface area contributed by atoms with Crippen LogP contribution in [-0.4, -0.2) is 11.7 Å². The maximum Gasteiger partial charge on any atom is 0.134 e. The molecule has 1 aromatic rings. The van der Waals surface area contributed by atoms with Crippen molar-refractivity contribution in [3.05, 3.63) is 28.2 Å². The fourth-order valence-electron chi connectivity index (χ4n) is 1.43. The Kier molecular flexibility index (Phi) is 5.02. The molecule has 96 valence electrons. The number of benzene rings is 1. The molecule has 0 amide bonds. The summed E-state index contributed by atoms with van der Waals surface area (Å²) in [6.45, 7) is 10.6. The minimum atomic E-state index is 0.312. The second-order valence-electron chi connectivity index (χ2n) is 5.65. The van der Waals surface area contributed by atoms with Crippen molar-refractivity contribution in [1.82, 2.24) is 5.32 Å². The number of hydrogen-bond acceptors (Lipinski definition) is 2. The predicted molar refractivity (Wildman–Crippen MR) is 76.1 cm³/mol. The predicted octanol–water partition coefficient (Wildman–Crippen LogP) is 3.93. The van der Waals surface area contributed by atoms with Crippen LogP contribution in [0.5, 0.6) is 5.75 Å². The van der Waals surface area contributed by atoms with Crippen LogP contribution >= 0.6 is 15.9 Å². The highest BCUT2D eigenvalue weighted by Crippen LogP contribution is 2.28. The van der Waals surface area contributed by atoms with E-state index in [1.54, 1.807) is 0 Å². The normalized spacial score (nSPS) is 13.7. The molecule has 2 N–H and O–H groups in total. The highest BCUT2D eigenvalue weighted by molar-refractivity contribution is 9.10. The minimum absolute atomic E-state index is 0.312. The molecule has 3 heteroatoms. The summed E-state index contributed by atoms with van der Waals surface area (Å²) < 4.78 is 0.751. The summed E-state index contributed by atoms with van der Waals surface area (Å²) in [7, 11) is 0. The summed E-state index contributed by atoms with van der Waals surface area (Å²) in [5.74, 6) is 0.931. The third-order valence-corrected chi connectivity index (χ3v) is 3.95. The van der Waals surface area contributed by atoms with Gasteiger partial charge in [0.1, 0.15) is 5.75 Å². The van der Waals surface area contributed by atoms with Gasteiger partial charge in [0.2, 0.25) is 0 Å². The first-order valence-corrected chi connectivity index (χ1v) is 6.78. The van der Waals surface area contributed by atoms with E-state index in [0.717, 1.165) is 16.6 Å². The molecule has 0 radical (unpaired) electrons. The van der Waals surface area contributed by atoms with Gasteiger partial charge in [0, 0.05) is 12.1 Å². The number of nitrogens with one attached hydrogen (secondary N) is 1. The third kappa shape index (κ3) is 4.32. The summed E-state index contributed by atoms with van der Waals surface area (Å²) in [6.07, 6.45) is 0. The zero-order valence-electron chi connectivity index (χ0n) is 11.0. The third-order valence-electron chi connectivity index (χ3n) is 3.31. The van der Waals surface area contributed by atoms with Crippen LogP contribution in [0.1, 0.15) is 33.3 Å². The Morgan fingerprint density at radius 2 is 2.00 bits per heavy atom. The standard InChI is InChI=1S/C14H22BrNO/c1-10(14(2,3)4)8-16-9-11-6-5-7-12(15)13(11)17/h5-7,10,16-17H,8-9H2,1-4H3. The average Bonchev–Trinajstić information content (AvgIpc) is 2.22. The summed E-state index contributed by atoms with van der Waals surface area (Å²) >= 11 is 3.32. The van der Waals surface area contributed by atoms with E-state index in [4.69, 9.17) is 0 Å². The van der Waals surface area contributed by atoms with E-state index in [0.29, 0.717) is 23.6 Å². The van der Waals surface area contributed by atoms with Gasteiger partial charge in [0.05, 0.1) is 4.47 Å². The first-order chi connectivity index (χ1) is 7.82. The molecule has 1 unspecified atom stereocenters. The monoisotopic (exact) mass is 299 g/mol. The van der Waals surface area contributed by atoms with Crippen LogP contribution in [0.2, 0.25) is 0 Å². The molecule has 1 rings (SSSR count). The van der Waals surface area contributed by atoms with Crippen LogP contribution in [0.4, 0.5) is 0 Å². The molecule has 0 aliphatic carbocycles. The molecule has 1 aromatic carbocycles. The van der Waals surface area contributed by atoms with Crippen molar-refractivity contribution in [3.8, 4) is 5.75 Å². The van der Waals surface area contributed by atoms with E-state index in [9.17, 15) is 5.11 Å². The van der Waals surface area contributed by atoms with Crippen LogP contribution in [-0.2, 0) is 6.54 Å². The van der Waals surface area contributed by atoms with Gasteiger partial charge in [-0.15, -0.1) is 0 Å². The number of rotatable bonds is 4. The van der Waals surface area contributed by atoms with Crippen molar-refractivity contribution >= 4 is 15.9 Å². The first-order valence-electron chi connectivity index (χ1n) is 5.99.